The molecular formula is C11H20N2O3. The molecular weight excluding hydrogens is 208 g/mol. The number of amides is 1. The lowest BCUT2D eigenvalue weighted by Crippen LogP contribution is -2.33. The molecule has 0 bridgehead atoms. The van der Waals surface area contributed by atoms with Gasteiger partial charge in [0.1, 0.15) is 0 Å². The average Bonchev–Trinajstić information content (AvgIpc) is 2.70. The maximum absolute atomic E-state index is 11.6. The fourth-order valence-corrected chi connectivity index (χ4v) is 1.54. The molecule has 0 aromatic carbocycles. The van der Waals surface area contributed by atoms with Crippen molar-refractivity contribution in [2.45, 2.75) is 12.5 Å². The van der Waals surface area contributed by atoms with E-state index < -0.39 is 0 Å². The fraction of sp³-hybridized carbons (Fsp3) is 0.727. The van der Waals surface area contributed by atoms with Crippen molar-refractivity contribution in [2.24, 2.45) is 11.7 Å². The van der Waals surface area contributed by atoms with E-state index in [1.54, 1.807) is 7.11 Å². The van der Waals surface area contributed by atoms with E-state index in [1.165, 1.54) is 0 Å². The highest BCUT2D eigenvalue weighted by molar-refractivity contribution is 5.81. The van der Waals surface area contributed by atoms with Gasteiger partial charge in [0.15, 0.2) is 0 Å². The van der Waals surface area contributed by atoms with Crippen LogP contribution < -0.4 is 11.1 Å². The van der Waals surface area contributed by atoms with Crippen LogP contribution in [0.15, 0.2) is 12.2 Å². The SMILES string of the molecule is COCCOCCNC(=O)C1C=CC(N)C1. The lowest BCUT2D eigenvalue weighted by molar-refractivity contribution is -0.123. The van der Waals surface area contributed by atoms with Crippen molar-refractivity contribution >= 4 is 5.91 Å². The average molecular weight is 228 g/mol. The maximum atomic E-state index is 11.6. The number of nitrogens with one attached hydrogen (secondary N) is 1. The molecule has 92 valence electrons. The zero-order valence-corrected chi connectivity index (χ0v) is 9.65. The Morgan fingerprint density at radius 3 is 2.88 bits per heavy atom. The fourth-order valence-electron chi connectivity index (χ4n) is 1.54. The number of carbonyl (C=O) groups excluding carboxylic acids is 1. The normalized spacial score (nSPS) is 23.6. The first-order valence-corrected chi connectivity index (χ1v) is 5.52. The van der Waals surface area contributed by atoms with Gasteiger partial charge in [-0.25, -0.2) is 0 Å². The van der Waals surface area contributed by atoms with Gasteiger partial charge in [0.2, 0.25) is 5.91 Å². The highest BCUT2D eigenvalue weighted by Crippen LogP contribution is 2.15. The van der Waals surface area contributed by atoms with Gasteiger partial charge in [-0.1, -0.05) is 12.2 Å². The summed E-state index contributed by atoms with van der Waals surface area (Å²) >= 11 is 0. The molecule has 0 aromatic heterocycles. The predicted octanol–water partition coefficient (Wildman–Crippen LogP) is -0.331. The van der Waals surface area contributed by atoms with E-state index in [-0.39, 0.29) is 17.9 Å². The molecule has 1 aliphatic rings. The first-order valence-electron chi connectivity index (χ1n) is 5.52. The largest absolute Gasteiger partial charge is 0.382 e. The molecule has 0 heterocycles. The third-order valence-electron chi connectivity index (χ3n) is 2.43. The molecule has 5 nitrogen and oxygen atoms in total. The molecule has 0 aromatic rings. The van der Waals surface area contributed by atoms with Gasteiger partial charge < -0.3 is 20.5 Å². The molecule has 0 aliphatic heterocycles. The van der Waals surface area contributed by atoms with Crippen LogP contribution in [0.3, 0.4) is 0 Å². The summed E-state index contributed by atoms with van der Waals surface area (Å²) in [5, 5.41) is 2.81. The van der Waals surface area contributed by atoms with Gasteiger partial charge in [-0.15, -0.1) is 0 Å². The Labute approximate surface area is 96.0 Å². The standard InChI is InChI=1S/C11H20N2O3/c1-15-6-7-16-5-4-13-11(14)9-2-3-10(12)8-9/h2-3,9-10H,4-8,12H2,1H3,(H,13,14). The lowest BCUT2D eigenvalue weighted by atomic mass is 10.1. The first-order chi connectivity index (χ1) is 7.74. The second kappa shape index (κ2) is 7.38. The van der Waals surface area contributed by atoms with E-state index in [4.69, 9.17) is 15.2 Å². The summed E-state index contributed by atoms with van der Waals surface area (Å²) < 4.78 is 10.1. The zero-order valence-electron chi connectivity index (χ0n) is 9.65. The molecule has 0 radical (unpaired) electrons. The predicted molar refractivity (Wildman–Crippen MR) is 60.9 cm³/mol. The number of carbonyl (C=O) groups is 1. The third kappa shape index (κ3) is 4.74. The summed E-state index contributed by atoms with van der Waals surface area (Å²) in [6.45, 7) is 2.18. The van der Waals surface area contributed by atoms with Crippen LogP contribution in [0.4, 0.5) is 0 Å². The second-order valence-corrected chi connectivity index (χ2v) is 3.79. The minimum Gasteiger partial charge on any atom is -0.382 e. The van der Waals surface area contributed by atoms with Gasteiger partial charge in [0.05, 0.1) is 25.7 Å². The summed E-state index contributed by atoms with van der Waals surface area (Å²) in [6.07, 6.45) is 4.45. The van der Waals surface area contributed by atoms with E-state index in [0.717, 1.165) is 0 Å². The Morgan fingerprint density at radius 1 is 1.44 bits per heavy atom. The Kier molecular flexibility index (Phi) is 6.07. The van der Waals surface area contributed by atoms with E-state index in [0.29, 0.717) is 32.8 Å². The van der Waals surface area contributed by atoms with E-state index >= 15 is 0 Å². The van der Waals surface area contributed by atoms with Crippen LogP contribution in [0, 0.1) is 5.92 Å². The molecule has 1 amide bonds. The van der Waals surface area contributed by atoms with Crippen molar-refractivity contribution in [3.8, 4) is 0 Å². The quantitative estimate of drug-likeness (QED) is 0.462. The van der Waals surface area contributed by atoms with E-state index in [1.807, 2.05) is 12.2 Å². The second-order valence-electron chi connectivity index (χ2n) is 3.79. The Hall–Kier alpha value is -0.910. The van der Waals surface area contributed by atoms with E-state index in [2.05, 4.69) is 5.32 Å². The van der Waals surface area contributed by atoms with Gasteiger partial charge in [0, 0.05) is 19.7 Å². The molecule has 0 fully saturated rings. The maximum Gasteiger partial charge on any atom is 0.227 e. The number of hydrogen-bond donors (Lipinski definition) is 2. The summed E-state index contributed by atoms with van der Waals surface area (Å²) in [5.74, 6) is -0.0477. The number of rotatable bonds is 7. The monoisotopic (exact) mass is 228 g/mol. The molecule has 0 saturated heterocycles. The highest BCUT2D eigenvalue weighted by Gasteiger charge is 2.21. The van der Waals surface area contributed by atoms with Crippen molar-refractivity contribution in [1.29, 1.82) is 0 Å². The number of ether oxygens (including phenoxy) is 2. The summed E-state index contributed by atoms with van der Waals surface area (Å²) in [4.78, 5) is 11.6. The van der Waals surface area contributed by atoms with Gasteiger partial charge in [-0.3, -0.25) is 4.79 Å². The van der Waals surface area contributed by atoms with Gasteiger partial charge >= 0.3 is 0 Å². The topological polar surface area (TPSA) is 73.6 Å². The number of nitrogens with two attached hydrogens (primary N) is 1. The van der Waals surface area contributed by atoms with Gasteiger partial charge in [-0.05, 0) is 6.42 Å². The molecule has 3 N–H and O–H groups in total. The molecule has 1 aliphatic carbocycles. The third-order valence-corrected chi connectivity index (χ3v) is 2.43. The number of methoxy groups -OCH3 is 1. The Balaban J connectivity index is 2.01. The zero-order chi connectivity index (χ0) is 11.8. The van der Waals surface area contributed by atoms with Crippen molar-refractivity contribution in [2.75, 3.05) is 33.5 Å². The minimum atomic E-state index is -0.0750. The van der Waals surface area contributed by atoms with Crippen LogP contribution in [-0.4, -0.2) is 45.4 Å². The molecule has 1 rings (SSSR count). The Morgan fingerprint density at radius 2 is 2.25 bits per heavy atom. The first kappa shape index (κ1) is 13.2. The molecule has 5 heteroatoms. The van der Waals surface area contributed by atoms with Crippen LogP contribution in [0.5, 0.6) is 0 Å². The van der Waals surface area contributed by atoms with Crippen LogP contribution in [-0.2, 0) is 14.3 Å². The summed E-state index contributed by atoms with van der Waals surface area (Å²) in [6, 6.07) is 0.0219. The van der Waals surface area contributed by atoms with Crippen molar-refractivity contribution in [1.82, 2.24) is 5.32 Å². The number of hydrogen-bond acceptors (Lipinski definition) is 4. The van der Waals surface area contributed by atoms with Crippen LogP contribution in [0.2, 0.25) is 0 Å². The molecule has 2 unspecified atom stereocenters. The summed E-state index contributed by atoms with van der Waals surface area (Å²) in [7, 11) is 1.63. The van der Waals surface area contributed by atoms with Gasteiger partial charge in [0.25, 0.3) is 0 Å². The highest BCUT2D eigenvalue weighted by atomic mass is 16.5. The van der Waals surface area contributed by atoms with Crippen molar-refractivity contribution < 1.29 is 14.3 Å². The molecule has 2 atom stereocenters. The van der Waals surface area contributed by atoms with Crippen LogP contribution >= 0.6 is 0 Å². The summed E-state index contributed by atoms with van der Waals surface area (Å²) in [5.41, 5.74) is 5.67. The molecule has 16 heavy (non-hydrogen) atoms. The van der Waals surface area contributed by atoms with Crippen LogP contribution in [0.1, 0.15) is 6.42 Å². The van der Waals surface area contributed by atoms with Crippen LogP contribution in [0.25, 0.3) is 0 Å². The minimum absolute atomic E-state index is 0.0219. The smallest absolute Gasteiger partial charge is 0.227 e. The lowest BCUT2D eigenvalue weighted by Gasteiger charge is -2.10. The molecule has 0 saturated carbocycles. The van der Waals surface area contributed by atoms with Crippen molar-refractivity contribution in [3.05, 3.63) is 12.2 Å². The van der Waals surface area contributed by atoms with Gasteiger partial charge in [-0.2, -0.15) is 0 Å². The van der Waals surface area contributed by atoms with Crippen molar-refractivity contribution in [3.63, 3.8) is 0 Å². The Bertz CT molecular complexity index is 243. The molecule has 0 spiro atoms. The van der Waals surface area contributed by atoms with E-state index in [9.17, 15) is 4.79 Å².